The van der Waals surface area contributed by atoms with Gasteiger partial charge in [-0.05, 0) is 0 Å². The molecule has 0 atom stereocenters. The van der Waals surface area contributed by atoms with Crippen molar-refractivity contribution in [3.8, 4) is 0 Å². The molecule has 0 spiro atoms. The van der Waals surface area contributed by atoms with E-state index in [9.17, 15) is 0 Å². The van der Waals surface area contributed by atoms with Crippen LogP contribution < -0.4 is 17.2 Å². The lowest BCUT2D eigenvalue weighted by molar-refractivity contribution is 1.09. The van der Waals surface area contributed by atoms with Crippen molar-refractivity contribution < 1.29 is 0 Å². The molecular formula is C3H6N6Si. The second kappa shape index (κ2) is 2.97. The van der Waals surface area contributed by atoms with Crippen molar-refractivity contribution in [2.24, 2.45) is 0 Å². The molecule has 0 aromatic carbocycles. The maximum Gasteiger partial charge on any atom is 0.226 e. The van der Waals surface area contributed by atoms with Crippen LogP contribution in [-0.4, -0.2) is 25.9 Å². The van der Waals surface area contributed by atoms with E-state index >= 15 is 0 Å². The Morgan fingerprint density at radius 2 is 0.900 bits per heavy atom. The zero-order valence-corrected chi connectivity index (χ0v) is 6.07. The van der Waals surface area contributed by atoms with Crippen LogP contribution in [0, 0.1) is 0 Å². The fourth-order valence-corrected chi connectivity index (χ4v) is 0.427. The lowest BCUT2D eigenvalue weighted by Gasteiger charge is -1.93. The van der Waals surface area contributed by atoms with E-state index in [1.54, 1.807) is 0 Å². The molecule has 4 radical (unpaired) electrons. The fraction of sp³-hybridized carbons (Fsp3) is 0. The van der Waals surface area contributed by atoms with Crippen LogP contribution in [-0.2, 0) is 0 Å². The molecule has 1 heterocycles. The SMILES string of the molecule is Nc1nc(N)nc(N)n1.[Si]. The molecule has 6 N–H and O–H groups in total. The van der Waals surface area contributed by atoms with Gasteiger partial charge in [0, 0.05) is 11.0 Å². The summed E-state index contributed by atoms with van der Waals surface area (Å²) in [4.78, 5) is 10.5. The number of aromatic nitrogens is 3. The highest BCUT2D eigenvalue weighted by atomic mass is 28.1. The standard InChI is InChI=1S/C3H6N6.Si/c4-1-7-2(5)9-3(6)8-1;/h(H6,4,5,6,7,8,9);. The molecular weight excluding hydrogens is 148 g/mol. The first-order chi connectivity index (χ1) is 4.18. The maximum absolute atomic E-state index is 5.14. The highest BCUT2D eigenvalue weighted by Crippen LogP contribution is 1.97. The van der Waals surface area contributed by atoms with Gasteiger partial charge in [0.15, 0.2) is 0 Å². The number of hydrogen-bond donors (Lipinski definition) is 3. The predicted octanol–water partition coefficient (Wildman–Crippen LogP) is -1.76. The van der Waals surface area contributed by atoms with E-state index in [-0.39, 0.29) is 28.8 Å². The van der Waals surface area contributed by atoms with Gasteiger partial charge < -0.3 is 17.2 Å². The Bertz CT molecular complexity index is 174. The Morgan fingerprint density at radius 3 is 1.10 bits per heavy atom. The lowest BCUT2D eigenvalue weighted by Crippen LogP contribution is -2.05. The summed E-state index contributed by atoms with van der Waals surface area (Å²) < 4.78 is 0. The minimum Gasteiger partial charge on any atom is -0.368 e. The number of nitrogens with zero attached hydrogens (tertiary/aromatic N) is 3. The van der Waals surface area contributed by atoms with Crippen molar-refractivity contribution in [1.29, 1.82) is 0 Å². The summed E-state index contributed by atoms with van der Waals surface area (Å²) in [5.41, 5.74) is 15.4. The number of rotatable bonds is 0. The van der Waals surface area contributed by atoms with Crippen LogP contribution in [0.5, 0.6) is 0 Å². The highest BCUT2D eigenvalue weighted by Gasteiger charge is 1.93. The Hall–Kier alpha value is -1.37. The molecule has 0 bridgehead atoms. The summed E-state index contributed by atoms with van der Waals surface area (Å²) in [7, 11) is 0. The Balaban J connectivity index is 0.000000810. The molecule has 1 rings (SSSR count). The van der Waals surface area contributed by atoms with E-state index in [4.69, 9.17) is 17.2 Å². The van der Waals surface area contributed by atoms with E-state index < -0.39 is 0 Å². The van der Waals surface area contributed by atoms with Crippen molar-refractivity contribution >= 4 is 28.8 Å². The van der Waals surface area contributed by atoms with E-state index in [0.717, 1.165) is 0 Å². The first-order valence-corrected chi connectivity index (χ1v) is 2.21. The van der Waals surface area contributed by atoms with Crippen molar-refractivity contribution in [2.75, 3.05) is 17.2 Å². The van der Waals surface area contributed by atoms with Gasteiger partial charge in [-0.1, -0.05) is 0 Å². The molecule has 0 aliphatic rings. The van der Waals surface area contributed by atoms with Gasteiger partial charge in [0.2, 0.25) is 17.8 Å². The topological polar surface area (TPSA) is 117 Å². The monoisotopic (exact) mass is 154 g/mol. The van der Waals surface area contributed by atoms with Gasteiger partial charge in [-0.15, -0.1) is 0 Å². The Morgan fingerprint density at radius 1 is 0.700 bits per heavy atom. The van der Waals surface area contributed by atoms with Gasteiger partial charge >= 0.3 is 0 Å². The van der Waals surface area contributed by atoms with Gasteiger partial charge in [0.1, 0.15) is 0 Å². The third-order valence-corrected chi connectivity index (χ3v) is 0.687. The Labute approximate surface area is 61.9 Å². The number of anilines is 3. The summed E-state index contributed by atoms with van der Waals surface area (Å²) >= 11 is 0. The van der Waals surface area contributed by atoms with Crippen LogP contribution in [0.15, 0.2) is 0 Å². The molecule has 1 aromatic heterocycles. The third-order valence-electron chi connectivity index (χ3n) is 0.687. The summed E-state index contributed by atoms with van der Waals surface area (Å²) in [6.07, 6.45) is 0. The summed E-state index contributed by atoms with van der Waals surface area (Å²) in [6.45, 7) is 0. The van der Waals surface area contributed by atoms with Crippen LogP contribution in [0.4, 0.5) is 17.8 Å². The number of nitrogen functional groups attached to an aromatic ring is 3. The molecule has 1 aromatic rings. The molecule has 0 saturated carbocycles. The minimum atomic E-state index is 0. The Kier molecular flexibility index (Phi) is 2.56. The van der Waals surface area contributed by atoms with E-state index in [0.29, 0.717) is 0 Å². The number of hydrogen-bond acceptors (Lipinski definition) is 6. The van der Waals surface area contributed by atoms with Crippen molar-refractivity contribution in [1.82, 2.24) is 15.0 Å². The minimum absolute atomic E-state index is 0. The average Bonchev–Trinajstić information content (AvgIpc) is 1.59. The molecule has 10 heavy (non-hydrogen) atoms. The molecule has 0 aliphatic heterocycles. The van der Waals surface area contributed by atoms with Gasteiger partial charge in [-0.25, -0.2) is 0 Å². The third kappa shape index (κ3) is 1.86. The van der Waals surface area contributed by atoms with E-state index in [1.807, 2.05) is 0 Å². The molecule has 0 aliphatic carbocycles. The van der Waals surface area contributed by atoms with Gasteiger partial charge in [-0.3, -0.25) is 0 Å². The molecule has 6 nitrogen and oxygen atoms in total. The number of nitrogens with two attached hydrogens (primary N) is 3. The van der Waals surface area contributed by atoms with Crippen LogP contribution in [0.25, 0.3) is 0 Å². The second-order valence-electron chi connectivity index (χ2n) is 1.41. The smallest absolute Gasteiger partial charge is 0.226 e. The largest absolute Gasteiger partial charge is 0.368 e. The summed E-state index contributed by atoms with van der Waals surface area (Å²) in [5, 5.41) is 0. The highest BCUT2D eigenvalue weighted by molar-refractivity contribution is 5.75. The molecule has 0 fully saturated rings. The van der Waals surface area contributed by atoms with Crippen LogP contribution in [0.2, 0.25) is 0 Å². The molecule has 0 unspecified atom stereocenters. The quantitative estimate of drug-likeness (QED) is 0.381. The van der Waals surface area contributed by atoms with Crippen molar-refractivity contribution in [2.45, 2.75) is 0 Å². The zero-order valence-electron chi connectivity index (χ0n) is 5.07. The second-order valence-corrected chi connectivity index (χ2v) is 1.41. The van der Waals surface area contributed by atoms with Crippen molar-refractivity contribution in [3.63, 3.8) is 0 Å². The predicted molar refractivity (Wildman–Crippen MR) is 38.8 cm³/mol. The van der Waals surface area contributed by atoms with Crippen LogP contribution in [0.1, 0.15) is 0 Å². The van der Waals surface area contributed by atoms with Crippen LogP contribution in [0.3, 0.4) is 0 Å². The van der Waals surface area contributed by atoms with E-state index in [2.05, 4.69) is 15.0 Å². The van der Waals surface area contributed by atoms with Crippen molar-refractivity contribution in [3.05, 3.63) is 0 Å². The fourth-order valence-electron chi connectivity index (χ4n) is 0.427. The van der Waals surface area contributed by atoms with Crippen LogP contribution >= 0.6 is 0 Å². The average molecular weight is 154 g/mol. The first kappa shape index (κ1) is 8.63. The maximum atomic E-state index is 5.14. The summed E-state index contributed by atoms with van der Waals surface area (Å²) in [6, 6.07) is 0. The van der Waals surface area contributed by atoms with Gasteiger partial charge in [-0.2, -0.15) is 15.0 Å². The van der Waals surface area contributed by atoms with Gasteiger partial charge in [0.25, 0.3) is 0 Å². The zero-order chi connectivity index (χ0) is 6.85. The summed E-state index contributed by atoms with van der Waals surface area (Å²) in [5.74, 6) is 0.125. The molecule has 52 valence electrons. The van der Waals surface area contributed by atoms with Gasteiger partial charge in [0.05, 0.1) is 0 Å². The first-order valence-electron chi connectivity index (χ1n) is 2.21. The van der Waals surface area contributed by atoms with E-state index in [1.165, 1.54) is 0 Å². The molecule has 7 heteroatoms. The normalized spacial score (nSPS) is 8.40. The molecule has 0 saturated heterocycles. The lowest BCUT2D eigenvalue weighted by atomic mass is 10.9. The molecule has 0 amide bonds.